The van der Waals surface area contributed by atoms with Gasteiger partial charge in [-0.15, -0.1) is 0 Å². The molecule has 4 rings (SSSR count). The molecule has 0 aliphatic heterocycles. The molecule has 7 nitrogen and oxygen atoms in total. The lowest BCUT2D eigenvalue weighted by Crippen LogP contribution is -2.15. The van der Waals surface area contributed by atoms with Crippen molar-refractivity contribution in [1.82, 2.24) is 0 Å². The average Bonchev–Trinajstić information content (AvgIpc) is 2.89. The number of benzene rings is 4. The van der Waals surface area contributed by atoms with Crippen molar-refractivity contribution in [2.45, 2.75) is 11.5 Å². The van der Waals surface area contributed by atoms with Crippen molar-refractivity contribution < 1.29 is 22.7 Å². The van der Waals surface area contributed by atoms with Crippen LogP contribution < -0.4 is 19.5 Å². The summed E-state index contributed by atoms with van der Waals surface area (Å²) in [6.45, 7) is 0.412. The summed E-state index contributed by atoms with van der Waals surface area (Å²) in [5.74, 6) is 0.581. The summed E-state index contributed by atoms with van der Waals surface area (Å²) in [6, 6.07) is 29.3. The molecule has 0 radical (unpaired) electrons. The van der Waals surface area contributed by atoms with Crippen LogP contribution in [0.2, 0.25) is 0 Å². The molecular formula is C27H24N2O5S. The van der Waals surface area contributed by atoms with Crippen molar-refractivity contribution >= 4 is 27.3 Å². The molecule has 35 heavy (non-hydrogen) atoms. The van der Waals surface area contributed by atoms with Gasteiger partial charge < -0.3 is 14.8 Å². The second kappa shape index (κ2) is 10.8. The molecule has 8 heteroatoms. The van der Waals surface area contributed by atoms with Crippen LogP contribution in [0.5, 0.6) is 11.5 Å². The topological polar surface area (TPSA) is 93.7 Å². The fourth-order valence-corrected chi connectivity index (χ4v) is 4.39. The predicted molar refractivity (Wildman–Crippen MR) is 135 cm³/mol. The Bertz CT molecular complexity index is 1390. The van der Waals surface area contributed by atoms with E-state index in [0.29, 0.717) is 29.4 Å². The van der Waals surface area contributed by atoms with Crippen molar-refractivity contribution in [3.05, 3.63) is 114 Å². The number of hydrogen-bond donors (Lipinski definition) is 2. The standard InChI is InChI=1S/C27H24N2O5S/c1-33-26-17-16-24(18-25(26)28-27(30)21-10-6-3-7-11-21)35(31,32)29-22-12-14-23(15-13-22)34-19-20-8-4-2-5-9-20/h2-18,29H,19H2,1H3,(H,28,30). The fourth-order valence-electron chi connectivity index (χ4n) is 3.31. The summed E-state index contributed by atoms with van der Waals surface area (Å²) in [6.07, 6.45) is 0. The van der Waals surface area contributed by atoms with E-state index in [1.807, 2.05) is 30.3 Å². The molecule has 0 fully saturated rings. The second-order valence-corrected chi connectivity index (χ2v) is 9.27. The van der Waals surface area contributed by atoms with Crippen molar-refractivity contribution in [1.29, 1.82) is 0 Å². The summed E-state index contributed by atoms with van der Waals surface area (Å²) in [5.41, 5.74) is 2.10. The summed E-state index contributed by atoms with van der Waals surface area (Å²) in [7, 11) is -2.48. The van der Waals surface area contributed by atoms with E-state index >= 15 is 0 Å². The third-order valence-electron chi connectivity index (χ3n) is 5.12. The Morgan fingerprint density at radius 2 is 1.49 bits per heavy atom. The van der Waals surface area contributed by atoms with Crippen molar-refractivity contribution in [3.63, 3.8) is 0 Å². The van der Waals surface area contributed by atoms with Gasteiger partial charge in [-0.1, -0.05) is 48.5 Å². The van der Waals surface area contributed by atoms with Crippen LogP contribution in [0.4, 0.5) is 11.4 Å². The number of nitrogens with one attached hydrogen (secondary N) is 2. The molecule has 0 saturated heterocycles. The predicted octanol–water partition coefficient (Wildman–Crippen LogP) is 5.33. The minimum absolute atomic E-state index is 0.0222. The highest BCUT2D eigenvalue weighted by atomic mass is 32.2. The molecule has 1 amide bonds. The Morgan fingerprint density at radius 1 is 0.829 bits per heavy atom. The summed E-state index contributed by atoms with van der Waals surface area (Å²) in [4.78, 5) is 12.5. The van der Waals surface area contributed by atoms with Gasteiger partial charge >= 0.3 is 0 Å². The third-order valence-corrected chi connectivity index (χ3v) is 6.50. The molecule has 0 aliphatic rings. The van der Waals surface area contributed by atoms with Crippen molar-refractivity contribution in [2.75, 3.05) is 17.1 Å². The normalized spacial score (nSPS) is 10.9. The van der Waals surface area contributed by atoms with E-state index in [9.17, 15) is 13.2 Å². The lowest BCUT2D eigenvalue weighted by molar-refractivity contribution is 0.102. The number of hydrogen-bond acceptors (Lipinski definition) is 5. The Hall–Kier alpha value is -4.30. The first-order valence-electron chi connectivity index (χ1n) is 10.8. The first kappa shape index (κ1) is 23.8. The number of methoxy groups -OCH3 is 1. The molecule has 0 atom stereocenters. The zero-order chi connectivity index (χ0) is 24.7. The van der Waals surface area contributed by atoms with Crippen LogP contribution in [0.25, 0.3) is 0 Å². The molecule has 0 bridgehead atoms. The highest BCUT2D eigenvalue weighted by molar-refractivity contribution is 7.92. The van der Waals surface area contributed by atoms with Gasteiger partial charge in [0.05, 0.1) is 17.7 Å². The molecule has 0 aromatic heterocycles. The van der Waals surface area contributed by atoms with Gasteiger partial charge in [-0.05, 0) is 60.2 Å². The summed E-state index contributed by atoms with van der Waals surface area (Å²) >= 11 is 0. The first-order valence-corrected chi connectivity index (χ1v) is 12.3. The molecule has 178 valence electrons. The molecule has 4 aromatic carbocycles. The highest BCUT2D eigenvalue weighted by Gasteiger charge is 2.18. The number of sulfonamides is 1. The minimum atomic E-state index is -3.93. The van der Waals surface area contributed by atoms with Crippen molar-refractivity contribution in [3.8, 4) is 11.5 Å². The maximum absolute atomic E-state index is 13.0. The van der Waals surface area contributed by atoms with Gasteiger partial charge in [0.15, 0.2) is 0 Å². The average molecular weight is 489 g/mol. The largest absolute Gasteiger partial charge is 0.495 e. The van der Waals surface area contributed by atoms with Gasteiger partial charge in [-0.3, -0.25) is 9.52 Å². The van der Waals surface area contributed by atoms with Gasteiger partial charge in [0.1, 0.15) is 18.1 Å². The number of anilines is 2. The number of carbonyl (C=O) groups excluding carboxylic acids is 1. The van der Waals surface area contributed by atoms with Crippen molar-refractivity contribution in [2.24, 2.45) is 0 Å². The number of amides is 1. The number of carbonyl (C=O) groups is 1. The molecular weight excluding hydrogens is 464 g/mol. The number of ether oxygens (including phenoxy) is 2. The van der Waals surface area contributed by atoms with Gasteiger partial charge in [0.2, 0.25) is 0 Å². The smallest absolute Gasteiger partial charge is 0.261 e. The van der Waals surface area contributed by atoms with Gasteiger partial charge in [-0.2, -0.15) is 0 Å². The molecule has 0 heterocycles. The zero-order valence-electron chi connectivity index (χ0n) is 19.0. The Labute approximate surface area is 204 Å². The number of rotatable bonds is 9. The van der Waals surface area contributed by atoms with Crippen LogP contribution in [0.1, 0.15) is 15.9 Å². The van der Waals surface area contributed by atoms with E-state index < -0.39 is 10.0 Å². The van der Waals surface area contributed by atoms with Gasteiger partial charge in [0.25, 0.3) is 15.9 Å². The second-order valence-electron chi connectivity index (χ2n) is 7.59. The third kappa shape index (κ3) is 6.18. The fraction of sp³-hybridized carbons (Fsp3) is 0.0741. The molecule has 0 unspecified atom stereocenters. The van der Waals surface area contributed by atoms with Crippen LogP contribution >= 0.6 is 0 Å². The van der Waals surface area contributed by atoms with Crippen LogP contribution in [0, 0.1) is 0 Å². The molecule has 0 saturated carbocycles. The van der Waals surface area contributed by atoms with Crippen LogP contribution in [0.15, 0.2) is 108 Å². The van der Waals surface area contributed by atoms with Crippen LogP contribution in [-0.4, -0.2) is 21.4 Å². The van der Waals surface area contributed by atoms with E-state index in [0.717, 1.165) is 5.56 Å². The lowest BCUT2D eigenvalue weighted by atomic mass is 10.2. The SMILES string of the molecule is COc1ccc(S(=O)(=O)Nc2ccc(OCc3ccccc3)cc2)cc1NC(=O)c1ccccc1. The quantitative estimate of drug-likeness (QED) is 0.332. The molecule has 2 N–H and O–H groups in total. The maximum Gasteiger partial charge on any atom is 0.261 e. The monoisotopic (exact) mass is 488 g/mol. The maximum atomic E-state index is 13.0. The van der Waals surface area contributed by atoms with E-state index in [-0.39, 0.29) is 16.5 Å². The molecule has 0 spiro atoms. The Morgan fingerprint density at radius 3 is 2.14 bits per heavy atom. The summed E-state index contributed by atoms with van der Waals surface area (Å²) < 4.78 is 39.6. The van der Waals surface area contributed by atoms with Crippen LogP contribution in [0.3, 0.4) is 0 Å². The molecule has 4 aromatic rings. The summed E-state index contributed by atoms with van der Waals surface area (Å²) in [5, 5.41) is 2.72. The highest BCUT2D eigenvalue weighted by Crippen LogP contribution is 2.29. The van der Waals surface area contributed by atoms with Crippen LogP contribution in [-0.2, 0) is 16.6 Å². The van der Waals surface area contributed by atoms with E-state index in [1.165, 1.54) is 25.3 Å². The van der Waals surface area contributed by atoms with Gasteiger partial charge in [-0.25, -0.2) is 8.42 Å². The van der Waals surface area contributed by atoms with E-state index in [2.05, 4.69) is 10.0 Å². The molecule has 0 aliphatic carbocycles. The lowest BCUT2D eigenvalue weighted by Gasteiger charge is -2.14. The Kier molecular flexibility index (Phi) is 7.32. The van der Waals surface area contributed by atoms with E-state index in [1.54, 1.807) is 54.6 Å². The minimum Gasteiger partial charge on any atom is -0.495 e. The zero-order valence-corrected chi connectivity index (χ0v) is 19.8. The van der Waals surface area contributed by atoms with E-state index in [4.69, 9.17) is 9.47 Å². The first-order chi connectivity index (χ1) is 16.9. The Balaban J connectivity index is 1.47. The van der Waals surface area contributed by atoms with Gasteiger partial charge in [0, 0.05) is 11.3 Å².